The minimum absolute atomic E-state index is 0.640. The van der Waals surface area contributed by atoms with E-state index in [9.17, 15) is 0 Å². The average molecular weight is 407 g/mol. The van der Waals surface area contributed by atoms with E-state index in [1.54, 1.807) is 0 Å². The molecule has 0 bridgehead atoms. The molecule has 2 saturated heterocycles. The quantitative estimate of drug-likeness (QED) is 0.624. The fraction of sp³-hybridized carbons (Fsp3) is 0.545. The van der Waals surface area contributed by atoms with Crippen molar-refractivity contribution >= 4 is 11.6 Å². The standard InChI is InChI=1S/C22H30N8/c1-27-13-19(11-25-27)9-17-3-7-29(15-17)21-22(24-6-5-23-21)30-8-4-18(16-30)10-20-12-26-28(2)14-20/h5-6,11-14,17-18H,3-4,7-10,15-16H2,1-2H3. The van der Waals surface area contributed by atoms with Crippen LogP contribution in [0.1, 0.15) is 24.0 Å². The second-order valence-corrected chi connectivity index (χ2v) is 8.86. The van der Waals surface area contributed by atoms with Gasteiger partial charge in [0, 0.05) is 65.1 Å². The molecule has 0 aromatic carbocycles. The Morgan fingerprint density at radius 3 is 1.63 bits per heavy atom. The molecule has 8 nitrogen and oxygen atoms in total. The van der Waals surface area contributed by atoms with Gasteiger partial charge in [0.05, 0.1) is 12.4 Å². The van der Waals surface area contributed by atoms with Crippen LogP contribution in [0, 0.1) is 11.8 Å². The molecule has 0 spiro atoms. The largest absolute Gasteiger partial charge is 0.353 e. The van der Waals surface area contributed by atoms with E-state index in [1.165, 1.54) is 24.0 Å². The van der Waals surface area contributed by atoms with Crippen molar-refractivity contribution in [3.63, 3.8) is 0 Å². The summed E-state index contributed by atoms with van der Waals surface area (Å²) in [6.07, 6.45) is 16.4. The number of aryl methyl sites for hydroxylation is 2. The summed E-state index contributed by atoms with van der Waals surface area (Å²) in [5, 5.41) is 8.62. The van der Waals surface area contributed by atoms with Gasteiger partial charge in [0.1, 0.15) is 0 Å². The first kappa shape index (κ1) is 19.1. The molecule has 0 aliphatic carbocycles. The zero-order chi connectivity index (χ0) is 20.5. The third-order valence-corrected chi connectivity index (χ3v) is 6.40. The Bertz CT molecular complexity index is 913. The molecule has 0 amide bonds. The first-order valence-corrected chi connectivity index (χ1v) is 10.9. The van der Waals surface area contributed by atoms with E-state index in [1.807, 2.05) is 48.2 Å². The van der Waals surface area contributed by atoms with Crippen molar-refractivity contribution in [3.8, 4) is 0 Å². The molecule has 8 heteroatoms. The summed E-state index contributed by atoms with van der Waals surface area (Å²) >= 11 is 0. The highest BCUT2D eigenvalue weighted by Gasteiger charge is 2.30. The van der Waals surface area contributed by atoms with Crippen LogP contribution in [0.3, 0.4) is 0 Å². The summed E-state index contributed by atoms with van der Waals surface area (Å²) in [5.74, 6) is 3.38. The molecule has 0 radical (unpaired) electrons. The van der Waals surface area contributed by atoms with Gasteiger partial charge in [-0.05, 0) is 48.6 Å². The van der Waals surface area contributed by atoms with Gasteiger partial charge in [-0.25, -0.2) is 9.97 Å². The SMILES string of the molecule is Cn1cc(CC2CCN(c3nccnc3N3CCC(Cc4cnn(C)c4)C3)C2)cn1. The van der Waals surface area contributed by atoms with Crippen LogP contribution in [0.25, 0.3) is 0 Å². The lowest BCUT2D eigenvalue weighted by Crippen LogP contribution is -2.28. The summed E-state index contributed by atoms with van der Waals surface area (Å²) in [4.78, 5) is 14.4. The Morgan fingerprint density at radius 1 is 0.767 bits per heavy atom. The normalized spacial score (nSPS) is 21.7. The molecule has 5 rings (SSSR count). The van der Waals surface area contributed by atoms with Gasteiger partial charge in [-0.15, -0.1) is 0 Å². The molecule has 0 N–H and O–H groups in total. The Hall–Kier alpha value is -2.90. The summed E-state index contributed by atoms with van der Waals surface area (Å²) in [6.45, 7) is 4.16. The van der Waals surface area contributed by atoms with Crippen molar-refractivity contribution in [1.82, 2.24) is 29.5 Å². The van der Waals surface area contributed by atoms with Gasteiger partial charge in [0.25, 0.3) is 0 Å². The molecule has 5 heterocycles. The molecule has 3 aromatic heterocycles. The van der Waals surface area contributed by atoms with E-state index in [0.717, 1.165) is 50.7 Å². The third kappa shape index (κ3) is 4.04. The third-order valence-electron chi connectivity index (χ3n) is 6.40. The fourth-order valence-corrected chi connectivity index (χ4v) is 4.97. The van der Waals surface area contributed by atoms with Crippen LogP contribution >= 0.6 is 0 Å². The number of nitrogens with zero attached hydrogens (tertiary/aromatic N) is 8. The Kier molecular flexibility index (Phi) is 5.14. The molecule has 0 saturated carbocycles. The molecule has 3 aromatic rings. The van der Waals surface area contributed by atoms with Crippen LogP contribution in [0.2, 0.25) is 0 Å². The van der Waals surface area contributed by atoms with Gasteiger partial charge in [-0.3, -0.25) is 9.36 Å². The lowest BCUT2D eigenvalue weighted by atomic mass is 10.0. The molecule has 2 fully saturated rings. The van der Waals surface area contributed by atoms with Gasteiger partial charge in [-0.2, -0.15) is 10.2 Å². The van der Waals surface area contributed by atoms with Crippen molar-refractivity contribution in [2.45, 2.75) is 25.7 Å². The highest BCUT2D eigenvalue weighted by molar-refractivity contribution is 5.63. The van der Waals surface area contributed by atoms with Crippen molar-refractivity contribution in [1.29, 1.82) is 0 Å². The Balaban J connectivity index is 1.24. The minimum Gasteiger partial charge on any atom is -0.353 e. The second-order valence-electron chi connectivity index (χ2n) is 8.86. The average Bonchev–Trinajstić information content (AvgIpc) is 3.52. The molecular formula is C22H30N8. The van der Waals surface area contributed by atoms with Crippen molar-refractivity contribution in [3.05, 3.63) is 48.3 Å². The summed E-state index contributed by atoms with van der Waals surface area (Å²) in [5.41, 5.74) is 2.64. The summed E-state index contributed by atoms with van der Waals surface area (Å²) in [7, 11) is 3.96. The summed E-state index contributed by atoms with van der Waals surface area (Å²) < 4.78 is 3.77. The topological polar surface area (TPSA) is 67.9 Å². The number of hydrogen-bond acceptors (Lipinski definition) is 6. The number of hydrogen-bond donors (Lipinski definition) is 0. The molecule has 2 aliphatic heterocycles. The predicted molar refractivity (Wildman–Crippen MR) is 116 cm³/mol. The molecular weight excluding hydrogens is 376 g/mol. The smallest absolute Gasteiger partial charge is 0.171 e. The van der Waals surface area contributed by atoms with E-state index in [-0.39, 0.29) is 0 Å². The molecule has 2 atom stereocenters. The van der Waals surface area contributed by atoms with E-state index in [4.69, 9.17) is 9.97 Å². The number of aromatic nitrogens is 6. The zero-order valence-electron chi connectivity index (χ0n) is 17.9. The molecule has 30 heavy (non-hydrogen) atoms. The Morgan fingerprint density at radius 2 is 1.23 bits per heavy atom. The van der Waals surface area contributed by atoms with Crippen LogP contribution < -0.4 is 9.80 Å². The highest BCUT2D eigenvalue weighted by atomic mass is 15.3. The van der Waals surface area contributed by atoms with Crippen molar-refractivity contribution in [2.24, 2.45) is 25.9 Å². The minimum atomic E-state index is 0.640. The first-order chi connectivity index (χ1) is 14.6. The maximum Gasteiger partial charge on any atom is 0.171 e. The van der Waals surface area contributed by atoms with Crippen LogP contribution in [-0.4, -0.2) is 55.7 Å². The first-order valence-electron chi connectivity index (χ1n) is 10.9. The highest BCUT2D eigenvalue weighted by Crippen LogP contribution is 2.33. The Labute approximate surface area is 177 Å². The maximum absolute atomic E-state index is 4.76. The van der Waals surface area contributed by atoms with Crippen LogP contribution in [0.4, 0.5) is 11.6 Å². The van der Waals surface area contributed by atoms with E-state index >= 15 is 0 Å². The lowest BCUT2D eigenvalue weighted by molar-refractivity contribution is 0.584. The maximum atomic E-state index is 4.76. The van der Waals surface area contributed by atoms with Crippen molar-refractivity contribution < 1.29 is 0 Å². The monoisotopic (exact) mass is 406 g/mol. The van der Waals surface area contributed by atoms with E-state index in [2.05, 4.69) is 32.4 Å². The van der Waals surface area contributed by atoms with Crippen LogP contribution in [0.5, 0.6) is 0 Å². The van der Waals surface area contributed by atoms with Gasteiger partial charge in [-0.1, -0.05) is 0 Å². The van der Waals surface area contributed by atoms with Gasteiger partial charge >= 0.3 is 0 Å². The molecule has 158 valence electrons. The fourth-order valence-electron chi connectivity index (χ4n) is 4.97. The zero-order valence-corrected chi connectivity index (χ0v) is 17.9. The van der Waals surface area contributed by atoms with Gasteiger partial charge in [0.2, 0.25) is 0 Å². The molecule has 2 unspecified atom stereocenters. The van der Waals surface area contributed by atoms with Gasteiger partial charge < -0.3 is 9.80 Å². The van der Waals surface area contributed by atoms with E-state index in [0.29, 0.717) is 11.8 Å². The second kappa shape index (κ2) is 8.08. The van der Waals surface area contributed by atoms with E-state index < -0.39 is 0 Å². The molecule has 2 aliphatic rings. The predicted octanol–water partition coefficient (Wildman–Crippen LogP) is 2.08. The lowest BCUT2D eigenvalue weighted by Gasteiger charge is -2.25. The van der Waals surface area contributed by atoms with Gasteiger partial charge in [0.15, 0.2) is 11.6 Å². The van der Waals surface area contributed by atoms with Crippen LogP contribution in [-0.2, 0) is 26.9 Å². The summed E-state index contributed by atoms with van der Waals surface area (Å²) in [6, 6.07) is 0. The number of rotatable bonds is 6. The van der Waals surface area contributed by atoms with Crippen molar-refractivity contribution in [2.75, 3.05) is 36.0 Å². The number of anilines is 2. The van der Waals surface area contributed by atoms with Crippen LogP contribution in [0.15, 0.2) is 37.2 Å².